The van der Waals surface area contributed by atoms with E-state index in [1.54, 1.807) is 4.40 Å². The van der Waals surface area contributed by atoms with Crippen LogP contribution in [0.1, 0.15) is 21.0 Å². The van der Waals surface area contributed by atoms with Gasteiger partial charge in [-0.3, -0.25) is 14.0 Å². The number of nitrogens with zero attached hydrogens (tertiary/aromatic N) is 3. The molecule has 2 heterocycles. The molecule has 2 aromatic carbocycles. The largest absolute Gasteiger partial charge is 0.433 e. The zero-order valence-corrected chi connectivity index (χ0v) is 16.9. The first kappa shape index (κ1) is 21.2. The molecule has 4 rings (SSSR count). The fourth-order valence-corrected chi connectivity index (χ4v) is 3.28. The van der Waals surface area contributed by atoms with Crippen molar-refractivity contribution in [1.82, 2.24) is 14.4 Å². The maximum absolute atomic E-state index is 12.9. The Balaban J connectivity index is 1.74. The van der Waals surface area contributed by atoms with Gasteiger partial charge in [-0.15, -0.1) is 0 Å². The molecule has 2 aromatic heterocycles. The Kier molecular flexibility index (Phi) is 5.69. The fraction of sp³-hybridized carbons (Fsp3) is 0.0476. The molecule has 32 heavy (non-hydrogen) atoms. The molecule has 2 amide bonds. The van der Waals surface area contributed by atoms with E-state index >= 15 is 0 Å². The van der Waals surface area contributed by atoms with Crippen LogP contribution in [-0.2, 0) is 0 Å². The maximum Gasteiger partial charge on any atom is 0.387 e. The van der Waals surface area contributed by atoms with E-state index in [4.69, 9.17) is 17.3 Å². The Morgan fingerprint density at radius 1 is 1.12 bits per heavy atom. The maximum atomic E-state index is 12.9. The molecule has 0 radical (unpaired) electrons. The minimum atomic E-state index is -3.03. The number of ether oxygens (including phenoxy) is 1. The number of carbonyl (C=O) groups excluding carboxylic acids is 2. The second-order valence-corrected chi connectivity index (χ2v) is 6.93. The van der Waals surface area contributed by atoms with Gasteiger partial charge in [0.15, 0.2) is 11.3 Å². The van der Waals surface area contributed by atoms with Crippen molar-refractivity contribution < 1.29 is 23.1 Å². The van der Waals surface area contributed by atoms with Gasteiger partial charge in [-0.2, -0.15) is 8.78 Å². The van der Waals surface area contributed by atoms with E-state index in [1.807, 2.05) is 30.3 Å². The molecular formula is C21H14ClF2N5O3. The number of aromatic nitrogens is 3. The van der Waals surface area contributed by atoms with Crippen molar-refractivity contribution >= 4 is 34.7 Å². The number of benzene rings is 2. The lowest BCUT2D eigenvalue weighted by atomic mass is 10.1. The summed E-state index contributed by atoms with van der Waals surface area (Å²) in [4.78, 5) is 32.9. The molecule has 0 fully saturated rings. The Morgan fingerprint density at radius 2 is 1.88 bits per heavy atom. The molecule has 0 unspecified atom stereocenters. The normalized spacial score (nSPS) is 11.0. The monoisotopic (exact) mass is 457 g/mol. The zero-order valence-electron chi connectivity index (χ0n) is 16.1. The highest BCUT2D eigenvalue weighted by Crippen LogP contribution is 2.29. The lowest BCUT2D eigenvalue weighted by Crippen LogP contribution is -2.17. The highest BCUT2D eigenvalue weighted by atomic mass is 35.5. The molecule has 3 N–H and O–H groups in total. The molecule has 0 saturated carbocycles. The summed E-state index contributed by atoms with van der Waals surface area (Å²) in [6, 6.07) is 14.5. The number of anilines is 1. The van der Waals surface area contributed by atoms with Crippen LogP contribution in [0.5, 0.6) is 5.75 Å². The summed E-state index contributed by atoms with van der Waals surface area (Å²) in [5.74, 6) is -1.64. The van der Waals surface area contributed by atoms with Gasteiger partial charge in [0.2, 0.25) is 0 Å². The van der Waals surface area contributed by atoms with Crippen LogP contribution in [0.4, 0.5) is 14.5 Å². The third-order valence-electron chi connectivity index (χ3n) is 4.44. The Morgan fingerprint density at radius 3 is 2.53 bits per heavy atom. The van der Waals surface area contributed by atoms with Crippen LogP contribution in [0.3, 0.4) is 0 Å². The first-order valence-corrected chi connectivity index (χ1v) is 9.50. The summed E-state index contributed by atoms with van der Waals surface area (Å²) in [7, 11) is 0. The smallest absolute Gasteiger partial charge is 0.387 e. The van der Waals surface area contributed by atoms with Crippen molar-refractivity contribution in [1.29, 1.82) is 0 Å². The topological polar surface area (TPSA) is 112 Å². The van der Waals surface area contributed by atoms with Gasteiger partial charge in [0, 0.05) is 5.69 Å². The molecule has 0 spiro atoms. The van der Waals surface area contributed by atoms with E-state index in [-0.39, 0.29) is 33.5 Å². The highest BCUT2D eigenvalue weighted by molar-refractivity contribution is 6.32. The standard InChI is InChI=1S/C21H14ClF2N5O3/c22-13-8-12(6-7-16(13)32-21(23)24)27-20(31)14-9-15(11-4-2-1-3-5-11)29-10-26-17(18(25)30)19(29)28-14/h1-10,21H,(H2,25,30)(H,27,31). The van der Waals surface area contributed by atoms with Crippen LogP contribution >= 0.6 is 11.6 Å². The minimum Gasteiger partial charge on any atom is -0.433 e. The predicted molar refractivity (Wildman–Crippen MR) is 113 cm³/mol. The van der Waals surface area contributed by atoms with Crippen LogP contribution in [0, 0.1) is 0 Å². The molecule has 0 bridgehead atoms. The van der Waals surface area contributed by atoms with E-state index in [9.17, 15) is 18.4 Å². The summed E-state index contributed by atoms with van der Waals surface area (Å²) >= 11 is 5.94. The van der Waals surface area contributed by atoms with Gasteiger partial charge >= 0.3 is 6.61 Å². The Bertz CT molecular complexity index is 1330. The highest BCUT2D eigenvalue weighted by Gasteiger charge is 2.19. The number of halogens is 3. The third-order valence-corrected chi connectivity index (χ3v) is 4.74. The van der Waals surface area contributed by atoms with Gasteiger partial charge in [0.05, 0.1) is 10.7 Å². The van der Waals surface area contributed by atoms with Crippen molar-refractivity contribution in [2.45, 2.75) is 6.61 Å². The average Bonchev–Trinajstić information content (AvgIpc) is 3.20. The summed E-state index contributed by atoms with van der Waals surface area (Å²) in [5.41, 5.74) is 6.93. The number of nitrogens with one attached hydrogen (secondary N) is 1. The average molecular weight is 458 g/mol. The van der Waals surface area contributed by atoms with E-state index < -0.39 is 18.4 Å². The van der Waals surface area contributed by atoms with Crippen LogP contribution < -0.4 is 15.8 Å². The third kappa shape index (κ3) is 4.21. The number of imidazole rings is 1. The van der Waals surface area contributed by atoms with E-state index in [1.165, 1.54) is 30.6 Å². The van der Waals surface area contributed by atoms with Crippen LogP contribution in [-0.4, -0.2) is 32.8 Å². The summed E-state index contributed by atoms with van der Waals surface area (Å²) in [6.07, 6.45) is 1.40. The molecule has 0 aliphatic carbocycles. The van der Waals surface area contributed by atoms with Gasteiger partial charge in [0.1, 0.15) is 17.8 Å². The number of hydrogen-bond donors (Lipinski definition) is 2. The van der Waals surface area contributed by atoms with Crippen LogP contribution in [0.25, 0.3) is 16.9 Å². The number of fused-ring (bicyclic) bond motifs is 1. The van der Waals surface area contributed by atoms with E-state index in [0.717, 1.165) is 5.56 Å². The van der Waals surface area contributed by atoms with Crippen molar-refractivity contribution in [3.05, 3.63) is 77.3 Å². The van der Waals surface area contributed by atoms with Gasteiger partial charge < -0.3 is 15.8 Å². The molecular weight excluding hydrogens is 444 g/mol. The predicted octanol–water partition coefficient (Wildman–Crippen LogP) is 4.00. The number of hydrogen-bond acceptors (Lipinski definition) is 5. The van der Waals surface area contributed by atoms with Crippen molar-refractivity contribution in [2.24, 2.45) is 5.73 Å². The fourth-order valence-electron chi connectivity index (χ4n) is 3.06. The SMILES string of the molecule is NC(=O)c1ncn2c(-c3ccccc3)cc(C(=O)Nc3ccc(OC(F)F)c(Cl)c3)nc12. The van der Waals surface area contributed by atoms with Crippen molar-refractivity contribution in [2.75, 3.05) is 5.32 Å². The van der Waals surface area contributed by atoms with Gasteiger partial charge in [-0.25, -0.2) is 9.97 Å². The Hall–Kier alpha value is -4.05. The Labute approximate surface area is 184 Å². The number of carbonyl (C=O) groups is 2. The van der Waals surface area contributed by atoms with Crippen LogP contribution in [0.2, 0.25) is 5.02 Å². The molecule has 0 aliphatic rings. The summed E-state index contributed by atoms with van der Waals surface area (Å²) in [6.45, 7) is -3.03. The van der Waals surface area contributed by atoms with E-state index in [2.05, 4.69) is 20.0 Å². The van der Waals surface area contributed by atoms with Crippen molar-refractivity contribution in [3.8, 4) is 17.0 Å². The molecule has 162 valence electrons. The lowest BCUT2D eigenvalue weighted by molar-refractivity contribution is -0.0497. The number of primary amides is 1. The first-order valence-electron chi connectivity index (χ1n) is 9.12. The second kappa shape index (κ2) is 8.60. The summed E-state index contributed by atoms with van der Waals surface area (Å²) in [5, 5.41) is 2.48. The minimum absolute atomic E-state index is 0.0246. The molecule has 4 aromatic rings. The second-order valence-electron chi connectivity index (χ2n) is 6.52. The van der Waals surface area contributed by atoms with E-state index in [0.29, 0.717) is 5.69 Å². The molecule has 0 aliphatic heterocycles. The number of amides is 2. The lowest BCUT2D eigenvalue weighted by Gasteiger charge is -2.11. The summed E-state index contributed by atoms with van der Waals surface area (Å²) < 4.78 is 30.6. The number of alkyl halides is 2. The van der Waals surface area contributed by atoms with Crippen molar-refractivity contribution in [3.63, 3.8) is 0 Å². The number of nitrogens with two attached hydrogens (primary N) is 1. The molecule has 11 heteroatoms. The molecule has 8 nitrogen and oxygen atoms in total. The van der Waals surface area contributed by atoms with Gasteiger partial charge in [-0.1, -0.05) is 41.9 Å². The van der Waals surface area contributed by atoms with Gasteiger partial charge in [-0.05, 0) is 29.8 Å². The number of rotatable bonds is 6. The zero-order chi connectivity index (χ0) is 22.8. The molecule has 0 saturated heterocycles. The van der Waals surface area contributed by atoms with Gasteiger partial charge in [0.25, 0.3) is 11.8 Å². The molecule has 0 atom stereocenters. The quantitative estimate of drug-likeness (QED) is 0.454. The van der Waals surface area contributed by atoms with Crippen LogP contribution in [0.15, 0.2) is 60.9 Å². The first-order chi connectivity index (χ1) is 15.3.